The average Bonchev–Trinajstić information content (AvgIpc) is 2.27. The van der Waals surface area contributed by atoms with E-state index in [0.29, 0.717) is 5.92 Å². The molecule has 0 amide bonds. The quantitative estimate of drug-likeness (QED) is 0.721. The minimum absolute atomic E-state index is 0.226. The molecule has 5 heteroatoms. The standard InChI is InChI=1S/C11H17N3O2/c1-8(2)7-14(3)10-6-5-9(12-13-10)11(15)16-4/h5-6,8H,7H2,1-4H3. The van der Waals surface area contributed by atoms with Crippen LogP contribution < -0.4 is 4.90 Å². The number of esters is 1. The summed E-state index contributed by atoms with van der Waals surface area (Å²) < 4.78 is 4.55. The van der Waals surface area contributed by atoms with Crippen molar-refractivity contribution in [3.05, 3.63) is 17.8 Å². The van der Waals surface area contributed by atoms with Crippen molar-refractivity contribution in [2.75, 3.05) is 25.6 Å². The van der Waals surface area contributed by atoms with E-state index in [4.69, 9.17) is 0 Å². The largest absolute Gasteiger partial charge is 0.464 e. The molecular formula is C11H17N3O2. The minimum atomic E-state index is -0.467. The lowest BCUT2D eigenvalue weighted by atomic mass is 10.2. The zero-order valence-electron chi connectivity index (χ0n) is 10.1. The first-order chi connectivity index (χ1) is 7.54. The molecule has 1 heterocycles. The molecule has 1 aromatic heterocycles. The van der Waals surface area contributed by atoms with Crippen molar-refractivity contribution in [3.63, 3.8) is 0 Å². The third-order valence-corrected chi connectivity index (χ3v) is 2.08. The molecule has 1 rings (SSSR count). The van der Waals surface area contributed by atoms with Gasteiger partial charge >= 0.3 is 5.97 Å². The summed E-state index contributed by atoms with van der Waals surface area (Å²) in [6, 6.07) is 3.38. The van der Waals surface area contributed by atoms with Gasteiger partial charge in [0.25, 0.3) is 0 Å². The molecule has 0 atom stereocenters. The first-order valence-corrected chi connectivity index (χ1v) is 5.17. The fourth-order valence-electron chi connectivity index (χ4n) is 1.38. The van der Waals surface area contributed by atoms with E-state index in [9.17, 15) is 4.79 Å². The molecule has 1 aromatic rings. The van der Waals surface area contributed by atoms with Crippen molar-refractivity contribution >= 4 is 11.8 Å². The Labute approximate surface area is 95.4 Å². The van der Waals surface area contributed by atoms with Gasteiger partial charge in [0.2, 0.25) is 0 Å². The van der Waals surface area contributed by atoms with Crippen LogP contribution in [0.4, 0.5) is 5.82 Å². The van der Waals surface area contributed by atoms with E-state index in [-0.39, 0.29) is 5.69 Å². The number of methoxy groups -OCH3 is 1. The number of ether oxygens (including phenoxy) is 1. The molecule has 0 spiro atoms. The summed E-state index contributed by atoms with van der Waals surface area (Å²) in [5.41, 5.74) is 0.226. The van der Waals surface area contributed by atoms with E-state index in [1.807, 2.05) is 11.9 Å². The third-order valence-electron chi connectivity index (χ3n) is 2.08. The molecule has 88 valence electrons. The summed E-state index contributed by atoms with van der Waals surface area (Å²) in [5, 5.41) is 7.79. The van der Waals surface area contributed by atoms with Gasteiger partial charge in [0.15, 0.2) is 11.5 Å². The van der Waals surface area contributed by atoms with E-state index in [0.717, 1.165) is 12.4 Å². The second kappa shape index (κ2) is 5.44. The first kappa shape index (κ1) is 12.4. The Morgan fingerprint density at radius 1 is 1.44 bits per heavy atom. The lowest BCUT2D eigenvalue weighted by molar-refractivity contribution is 0.0592. The van der Waals surface area contributed by atoms with Gasteiger partial charge in [0.05, 0.1) is 7.11 Å². The van der Waals surface area contributed by atoms with Crippen LogP contribution in [0.15, 0.2) is 12.1 Å². The molecule has 5 nitrogen and oxygen atoms in total. The lowest BCUT2D eigenvalue weighted by Crippen LogP contribution is -2.24. The van der Waals surface area contributed by atoms with Gasteiger partial charge in [-0.2, -0.15) is 0 Å². The third kappa shape index (κ3) is 3.18. The topological polar surface area (TPSA) is 55.3 Å². The summed E-state index contributed by atoms with van der Waals surface area (Å²) in [6.07, 6.45) is 0. The molecule has 0 saturated carbocycles. The Morgan fingerprint density at radius 2 is 2.12 bits per heavy atom. The molecule has 0 aliphatic rings. The predicted molar refractivity (Wildman–Crippen MR) is 61.5 cm³/mol. The molecule has 0 aliphatic carbocycles. The average molecular weight is 223 g/mol. The Hall–Kier alpha value is -1.65. The molecule has 0 saturated heterocycles. The predicted octanol–water partition coefficient (Wildman–Crippen LogP) is 1.36. The summed E-state index contributed by atoms with van der Waals surface area (Å²) in [4.78, 5) is 13.1. The maximum absolute atomic E-state index is 11.1. The zero-order valence-corrected chi connectivity index (χ0v) is 10.1. The van der Waals surface area contributed by atoms with Crippen LogP contribution in [0.25, 0.3) is 0 Å². The number of nitrogens with zero attached hydrogens (tertiary/aromatic N) is 3. The summed E-state index contributed by atoms with van der Waals surface area (Å²) in [6.45, 7) is 5.16. The number of carbonyl (C=O) groups is 1. The van der Waals surface area contributed by atoms with Gasteiger partial charge in [-0.25, -0.2) is 4.79 Å². The van der Waals surface area contributed by atoms with Crippen LogP contribution in [-0.4, -0.2) is 36.9 Å². The number of carbonyl (C=O) groups excluding carboxylic acids is 1. The molecule has 16 heavy (non-hydrogen) atoms. The van der Waals surface area contributed by atoms with E-state index in [1.165, 1.54) is 7.11 Å². The zero-order chi connectivity index (χ0) is 12.1. The number of aromatic nitrogens is 2. The van der Waals surface area contributed by atoms with Gasteiger partial charge in [0.1, 0.15) is 0 Å². The monoisotopic (exact) mass is 223 g/mol. The molecule has 0 aliphatic heterocycles. The minimum Gasteiger partial charge on any atom is -0.464 e. The number of anilines is 1. The normalized spacial score (nSPS) is 10.3. The molecular weight excluding hydrogens is 206 g/mol. The van der Waals surface area contributed by atoms with Crippen LogP contribution in [-0.2, 0) is 4.74 Å². The van der Waals surface area contributed by atoms with Crippen LogP contribution >= 0.6 is 0 Å². The van der Waals surface area contributed by atoms with Crippen LogP contribution in [0.3, 0.4) is 0 Å². The van der Waals surface area contributed by atoms with Gasteiger partial charge in [0, 0.05) is 13.6 Å². The maximum Gasteiger partial charge on any atom is 0.358 e. The summed E-state index contributed by atoms with van der Waals surface area (Å²) >= 11 is 0. The van der Waals surface area contributed by atoms with Gasteiger partial charge in [-0.3, -0.25) is 0 Å². The highest BCUT2D eigenvalue weighted by atomic mass is 16.5. The van der Waals surface area contributed by atoms with Crippen molar-refractivity contribution in [1.29, 1.82) is 0 Å². The Kier molecular flexibility index (Phi) is 4.22. The molecule has 0 aromatic carbocycles. The fourth-order valence-corrected chi connectivity index (χ4v) is 1.38. The molecule has 0 N–H and O–H groups in total. The second-order valence-corrected chi connectivity index (χ2v) is 4.04. The van der Waals surface area contributed by atoms with Crippen molar-refractivity contribution in [1.82, 2.24) is 10.2 Å². The number of rotatable bonds is 4. The maximum atomic E-state index is 11.1. The number of hydrogen-bond donors (Lipinski definition) is 0. The van der Waals surface area contributed by atoms with Crippen LogP contribution in [0.5, 0.6) is 0 Å². The van der Waals surface area contributed by atoms with Crippen LogP contribution in [0, 0.1) is 5.92 Å². The van der Waals surface area contributed by atoms with Crippen molar-refractivity contribution in [2.45, 2.75) is 13.8 Å². The molecule has 0 bridgehead atoms. The Bertz CT molecular complexity index is 349. The highest BCUT2D eigenvalue weighted by molar-refractivity contribution is 5.86. The van der Waals surface area contributed by atoms with Crippen molar-refractivity contribution < 1.29 is 9.53 Å². The second-order valence-electron chi connectivity index (χ2n) is 4.04. The van der Waals surface area contributed by atoms with Gasteiger partial charge < -0.3 is 9.64 Å². The van der Waals surface area contributed by atoms with Crippen LogP contribution in [0.2, 0.25) is 0 Å². The van der Waals surface area contributed by atoms with Crippen LogP contribution in [0.1, 0.15) is 24.3 Å². The van der Waals surface area contributed by atoms with E-state index in [2.05, 4.69) is 28.8 Å². The van der Waals surface area contributed by atoms with Crippen molar-refractivity contribution in [2.24, 2.45) is 5.92 Å². The Balaban J connectivity index is 2.74. The van der Waals surface area contributed by atoms with Gasteiger partial charge in [-0.1, -0.05) is 13.8 Å². The van der Waals surface area contributed by atoms with Gasteiger partial charge in [-0.05, 0) is 18.1 Å². The smallest absolute Gasteiger partial charge is 0.358 e. The van der Waals surface area contributed by atoms with Crippen molar-refractivity contribution in [3.8, 4) is 0 Å². The highest BCUT2D eigenvalue weighted by Crippen LogP contribution is 2.09. The first-order valence-electron chi connectivity index (χ1n) is 5.17. The van der Waals surface area contributed by atoms with Gasteiger partial charge in [-0.15, -0.1) is 10.2 Å². The number of hydrogen-bond acceptors (Lipinski definition) is 5. The van der Waals surface area contributed by atoms with E-state index < -0.39 is 5.97 Å². The molecule has 0 radical (unpaired) electrons. The summed E-state index contributed by atoms with van der Waals surface area (Å²) in [5.74, 6) is 0.832. The highest BCUT2D eigenvalue weighted by Gasteiger charge is 2.10. The fraction of sp³-hybridized carbons (Fsp3) is 0.545. The van der Waals surface area contributed by atoms with E-state index >= 15 is 0 Å². The summed E-state index contributed by atoms with van der Waals surface area (Å²) in [7, 11) is 3.27. The lowest BCUT2D eigenvalue weighted by Gasteiger charge is -2.19. The molecule has 0 fully saturated rings. The SMILES string of the molecule is COC(=O)c1ccc(N(C)CC(C)C)nn1. The molecule has 0 unspecified atom stereocenters. The Morgan fingerprint density at radius 3 is 2.56 bits per heavy atom. The van der Waals surface area contributed by atoms with E-state index in [1.54, 1.807) is 12.1 Å².